The summed E-state index contributed by atoms with van der Waals surface area (Å²) in [5.74, 6) is 0.558. The van der Waals surface area contributed by atoms with Crippen molar-refractivity contribution in [3.05, 3.63) is 36.2 Å². The fourth-order valence-electron chi connectivity index (χ4n) is 1.63. The maximum absolute atomic E-state index is 11.9. The van der Waals surface area contributed by atoms with Crippen LogP contribution in [0, 0.1) is 0 Å². The third kappa shape index (κ3) is 3.14. The minimum absolute atomic E-state index is 0.119. The number of amides is 1. The van der Waals surface area contributed by atoms with Crippen molar-refractivity contribution < 1.29 is 9.53 Å². The van der Waals surface area contributed by atoms with Crippen molar-refractivity contribution in [1.29, 1.82) is 0 Å². The molecule has 20 heavy (non-hydrogen) atoms. The number of hydrogen-bond donors (Lipinski definition) is 1. The summed E-state index contributed by atoms with van der Waals surface area (Å²) in [4.78, 5) is 11.9. The van der Waals surface area contributed by atoms with Gasteiger partial charge in [-0.15, -0.1) is 5.10 Å². The van der Waals surface area contributed by atoms with E-state index in [1.807, 2.05) is 38.1 Å². The topological polar surface area (TPSA) is 69.0 Å². The van der Waals surface area contributed by atoms with Gasteiger partial charge in [-0.1, -0.05) is 12.1 Å². The van der Waals surface area contributed by atoms with Gasteiger partial charge in [0.25, 0.3) is 5.91 Å². The average molecular weight is 274 g/mol. The third-order valence-corrected chi connectivity index (χ3v) is 3.05. The first-order chi connectivity index (χ1) is 9.63. The first kappa shape index (κ1) is 14.0. The van der Waals surface area contributed by atoms with E-state index < -0.39 is 0 Å². The molecule has 0 aliphatic rings. The monoisotopic (exact) mass is 274 g/mol. The van der Waals surface area contributed by atoms with E-state index in [0.717, 1.165) is 17.9 Å². The summed E-state index contributed by atoms with van der Waals surface area (Å²) in [5.41, 5.74) is 1.13. The van der Waals surface area contributed by atoms with Crippen LogP contribution in [0.25, 0.3) is 5.69 Å². The van der Waals surface area contributed by atoms with Crippen LogP contribution in [0.15, 0.2) is 30.5 Å². The molecule has 2 rings (SSSR count). The number of nitrogens with zero attached hydrogens (tertiary/aromatic N) is 3. The normalized spacial score (nSPS) is 11.9. The zero-order valence-corrected chi connectivity index (χ0v) is 11.8. The Hall–Kier alpha value is -2.37. The lowest BCUT2D eigenvalue weighted by Crippen LogP contribution is -2.32. The molecule has 0 aliphatic heterocycles. The van der Waals surface area contributed by atoms with Gasteiger partial charge in [0.05, 0.1) is 19.0 Å². The molecule has 106 valence electrons. The Kier molecular flexibility index (Phi) is 4.34. The standard InChI is InChI=1S/C14H18N4O2/c1-4-10(2)15-14(19)13-9-18(17-16-13)11-5-7-12(20-3)8-6-11/h5-10H,4H2,1-3H3,(H,15,19)/t10-/m0/s1. The number of benzene rings is 1. The number of carbonyl (C=O) groups is 1. The summed E-state index contributed by atoms with van der Waals surface area (Å²) >= 11 is 0. The zero-order chi connectivity index (χ0) is 14.5. The number of rotatable bonds is 5. The molecule has 1 heterocycles. The van der Waals surface area contributed by atoms with Crippen LogP contribution in [0.4, 0.5) is 0 Å². The van der Waals surface area contributed by atoms with Gasteiger partial charge in [0.2, 0.25) is 0 Å². The smallest absolute Gasteiger partial charge is 0.273 e. The molecule has 1 aromatic heterocycles. The lowest BCUT2D eigenvalue weighted by Gasteiger charge is -2.08. The first-order valence-electron chi connectivity index (χ1n) is 6.51. The molecular weight excluding hydrogens is 256 g/mol. The Morgan fingerprint density at radius 2 is 2.10 bits per heavy atom. The molecular formula is C14H18N4O2. The maximum atomic E-state index is 11.9. The number of methoxy groups -OCH3 is 1. The number of aromatic nitrogens is 3. The second-order valence-corrected chi connectivity index (χ2v) is 4.53. The van der Waals surface area contributed by atoms with Crippen molar-refractivity contribution in [1.82, 2.24) is 20.3 Å². The van der Waals surface area contributed by atoms with Crippen LogP contribution in [-0.4, -0.2) is 34.1 Å². The first-order valence-corrected chi connectivity index (χ1v) is 6.51. The predicted molar refractivity (Wildman–Crippen MR) is 75.1 cm³/mol. The van der Waals surface area contributed by atoms with E-state index in [1.54, 1.807) is 18.0 Å². The number of carbonyl (C=O) groups excluding carboxylic acids is 1. The molecule has 2 aromatic rings. The highest BCUT2D eigenvalue weighted by atomic mass is 16.5. The summed E-state index contributed by atoms with van der Waals surface area (Å²) in [7, 11) is 1.61. The molecule has 6 nitrogen and oxygen atoms in total. The van der Waals surface area contributed by atoms with E-state index in [-0.39, 0.29) is 11.9 Å². The van der Waals surface area contributed by atoms with Crippen molar-refractivity contribution in [2.75, 3.05) is 7.11 Å². The van der Waals surface area contributed by atoms with Gasteiger partial charge in [0, 0.05) is 6.04 Å². The van der Waals surface area contributed by atoms with Gasteiger partial charge in [-0.3, -0.25) is 4.79 Å². The summed E-state index contributed by atoms with van der Waals surface area (Å²) in [5, 5.41) is 10.7. The second-order valence-electron chi connectivity index (χ2n) is 4.53. The van der Waals surface area contributed by atoms with E-state index in [9.17, 15) is 4.79 Å². The summed E-state index contributed by atoms with van der Waals surface area (Å²) < 4.78 is 6.66. The Bertz CT molecular complexity index is 577. The Labute approximate surface area is 117 Å². The molecule has 0 fully saturated rings. The van der Waals surface area contributed by atoms with Gasteiger partial charge in [0.1, 0.15) is 5.75 Å². The minimum Gasteiger partial charge on any atom is -0.497 e. The SMILES string of the molecule is CC[C@H](C)NC(=O)c1cn(-c2ccc(OC)cc2)nn1. The highest BCUT2D eigenvalue weighted by Crippen LogP contribution is 2.14. The van der Waals surface area contributed by atoms with Crippen LogP contribution in [0.3, 0.4) is 0 Å². The molecule has 6 heteroatoms. The van der Waals surface area contributed by atoms with Gasteiger partial charge in [-0.05, 0) is 37.6 Å². The van der Waals surface area contributed by atoms with E-state index in [1.165, 1.54) is 0 Å². The molecule has 0 radical (unpaired) electrons. The van der Waals surface area contributed by atoms with Gasteiger partial charge < -0.3 is 10.1 Å². The lowest BCUT2D eigenvalue weighted by atomic mass is 10.2. The maximum Gasteiger partial charge on any atom is 0.273 e. The van der Waals surface area contributed by atoms with Crippen LogP contribution in [0.5, 0.6) is 5.75 Å². The lowest BCUT2D eigenvalue weighted by molar-refractivity contribution is 0.0934. The Balaban J connectivity index is 2.13. The predicted octanol–water partition coefficient (Wildman–Crippen LogP) is 1.80. The summed E-state index contributed by atoms with van der Waals surface area (Å²) in [6, 6.07) is 7.48. The molecule has 1 amide bonds. The van der Waals surface area contributed by atoms with E-state index in [4.69, 9.17) is 4.74 Å². The van der Waals surface area contributed by atoms with Gasteiger partial charge in [-0.2, -0.15) is 0 Å². The van der Waals surface area contributed by atoms with E-state index in [0.29, 0.717) is 5.69 Å². The molecule has 0 bridgehead atoms. The van der Waals surface area contributed by atoms with Gasteiger partial charge in [0.15, 0.2) is 5.69 Å². The van der Waals surface area contributed by atoms with Crippen molar-refractivity contribution >= 4 is 5.91 Å². The fourth-order valence-corrected chi connectivity index (χ4v) is 1.63. The Morgan fingerprint density at radius 3 is 2.70 bits per heavy atom. The molecule has 0 unspecified atom stereocenters. The van der Waals surface area contributed by atoms with Crippen molar-refractivity contribution in [3.63, 3.8) is 0 Å². The van der Waals surface area contributed by atoms with Crippen LogP contribution in [0.1, 0.15) is 30.8 Å². The van der Waals surface area contributed by atoms with E-state index in [2.05, 4.69) is 15.6 Å². The van der Waals surface area contributed by atoms with Crippen molar-refractivity contribution in [3.8, 4) is 11.4 Å². The van der Waals surface area contributed by atoms with Crippen molar-refractivity contribution in [2.45, 2.75) is 26.3 Å². The Morgan fingerprint density at radius 1 is 1.40 bits per heavy atom. The highest BCUT2D eigenvalue weighted by Gasteiger charge is 2.13. The molecule has 1 aromatic carbocycles. The average Bonchev–Trinajstić information content (AvgIpc) is 2.97. The quantitative estimate of drug-likeness (QED) is 0.902. The van der Waals surface area contributed by atoms with Crippen molar-refractivity contribution in [2.24, 2.45) is 0 Å². The summed E-state index contributed by atoms with van der Waals surface area (Å²) in [6.07, 6.45) is 2.48. The van der Waals surface area contributed by atoms with E-state index >= 15 is 0 Å². The van der Waals surface area contributed by atoms with Crippen LogP contribution >= 0.6 is 0 Å². The van der Waals surface area contributed by atoms with Gasteiger partial charge >= 0.3 is 0 Å². The fraction of sp³-hybridized carbons (Fsp3) is 0.357. The summed E-state index contributed by atoms with van der Waals surface area (Å²) in [6.45, 7) is 3.96. The van der Waals surface area contributed by atoms with Crippen LogP contribution < -0.4 is 10.1 Å². The number of nitrogens with one attached hydrogen (secondary N) is 1. The third-order valence-electron chi connectivity index (χ3n) is 3.05. The molecule has 1 N–H and O–H groups in total. The number of hydrogen-bond acceptors (Lipinski definition) is 4. The molecule has 0 saturated heterocycles. The van der Waals surface area contributed by atoms with Gasteiger partial charge in [-0.25, -0.2) is 4.68 Å². The second kappa shape index (κ2) is 6.18. The van der Waals surface area contributed by atoms with Crippen LogP contribution in [0.2, 0.25) is 0 Å². The molecule has 1 atom stereocenters. The highest BCUT2D eigenvalue weighted by molar-refractivity contribution is 5.92. The molecule has 0 aliphatic carbocycles. The van der Waals surface area contributed by atoms with Crippen LogP contribution in [-0.2, 0) is 0 Å². The molecule has 0 spiro atoms. The number of ether oxygens (including phenoxy) is 1. The minimum atomic E-state index is -0.209. The largest absolute Gasteiger partial charge is 0.497 e. The molecule has 0 saturated carbocycles. The zero-order valence-electron chi connectivity index (χ0n) is 11.8.